The van der Waals surface area contributed by atoms with E-state index in [2.05, 4.69) is 30.7 Å². The zero-order valence-electron chi connectivity index (χ0n) is 9.88. The molecule has 0 aromatic heterocycles. The number of carbonyl (C=O) groups is 1. The van der Waals surface area contributed by atoms with Crippen LogP contribution in [-0.4, -0.2) is 37.0 Å². The highest BCUT2D eigenvalue weighted by Crippen LogP contribution is 2.14. The van der Waals surface area contributed by atoms with Gasteiger partial charge in [-0.25, -0.2) is 0 Å². The van der Waals surface area contributed by atoms with E-state index < -0.39 is 0 Å². The van der Waals surface area contributed by atoms with E-state index in [1.807, 2.05) is 11.8 Å². The highest BCUT2D eigenvalue weighted by atomic mass is 32.2. The Hall–Kier alpha value is -0.220. The predicted octanol–water partition coefficient (Wildman–Crippen LogP) is 1.10. The molecule has 1 saturated heterocycles. The SMILES string of the molecule is CSCC(C)CNC(=O)C1NCCC1C. The van der Waals surface area contributed by atoms with Crippen LogP contribution < -0.4 is 10.6 Å². The first kappa shape index (κ1) is 12.8. The van der Waals surface area contributed by atoms with Gasteiger partial charge in [0.05, 0.1) is 6.04 Å². The van der Waals surface area contributed by atoms with Crippen molar-refractivity contribution >= 4 is 17.7 Å². The lowest BCUT2D eigenvalue weighted by atomic mass is 10.0. The second-order valence-electron chi connectivity index (χ2n) is 4.50. The summed E-state index contributed by atoms with van der Waals surface area (Å²) in [4.78, 5) is 11.8. The fraction of sp³-hybridized carbons (Fsp3) is 0.909. The molecule has 0 aromatic rings. The van der Waals surface area contributed by atoms with Gasteiger partial charge in [-0.2, -0.15) is 11.8 Å². The van der Waals surface area contributed by atoms with Crippen molar-refractivity contribution in [3.8, 4) is 0 Å². The largest absolute Gasteiger partial charge is 0.354 e. The van der Waals surface area contributed by atoms with Crippen molar-refractivity contribution < 1.29 is 4.79 Å². The molecule has 0 aromatic carbocycles. The molecule has 2 N–H and O–H groups in total. The first-order valence-electron chi connectivity index (χ1n) is 5.65. The summed E-state index contributed by atoms with van der Waals surface area (Å²) >= 11 is 1.83. The quantitative estimate of drug-likeness (QED) is 0.743. The number of thioether (sulfide) groups is 1. The van der Waals surface area contributed by atoms with Crippen molar-refractivity contribution in [2.24, 2.45) is 11.8 Å². The summed E-state index contributed by atoms with van der Waals surface area (Å²) < 4.78 is 0. The minimum Gasteiger partial charge on any atom is -0.354 e. The first-order chi connectivity index (χ1) is 7.15. The monoisotopic (exact) mass is 230 g/mol. The van der Waals surface area contributed by atoms with E-state index >= 15 is 0 Å². The number of amides is 1. The maximum atomic E-state index is 11.8. The van der Waals surface area contributed by atoms with Gasteiger partial charge >= 0.3 is 0 Å². The van der Waals surface area contributed by atoms with Crippen molar-refractivity contribution in [2.45, 2.75) is 26.3 Å². The van der Waals surface area contributed by atoms with E-state index in [1.54, 1.807) is 0 Å². The summed E-state index contributed by atoms with van der Waals surface area (Å²) in [5, 5.41) is 6.27. The second kappa shape index (κ2) is 6.38. The smallest absolute Gasteiger partial charge is 0.237 e. The van der Waals surface area contributed by atoms with Gasteiger partial charge in [-0.05, 0) is 36.8 Å². The summed E-state index contributed by atoms with van der Waals surface area (Å²) in [7, 11) is 0. The molecule has 1 amide bonds. The summed E-state index contributed by atoms with van der Waals surface area (Å²) in [6, 6.07) is 0.0338. The molecule has 1 heterocycles. The van der Waals surface area contributed by atoms with Crippen LogP contribution in [0, 0.1) is 11.8 Å². The Morgan fingerprint density at radius 3 is 2.93 bits per heavy atom. The van der Waals surface area contributed by atoms with Gasteiger partial charge in [0.1, 0.15) is 0 Å². The van der Waals surface area contributed by atoms with E-state index in [1.165, 1.54) is 0 Å². The van der Waals surface area contributed by atoms with E-state index in [9.17, 15) is 4.79 Å². The van der Waals surface area contributed by atoms with Gasteiger partial charge < -0.3 is 10.6 Å². The van der Waals surface area contributed by atoms with E-state index in [0.717, 1.165) is 25.3 Å². The molecule has 0 saturated carbocycles. The number of hydrogen-bond acceptors (Lipinski definition) is 3. The molecule has 0 radical (unpaired) electrons. The average Bonchev–Trinajstić information content (AvgIpc) is 2.61. The Bertz CT molecular complexity index is 211. The highest BCUT2D eigenvalue weighted by molar-refractivity contribution is 7.98. The molecule has 88 valence electrons. The lowest BCUT2D eigenvalue weighted by Gasteiger charge is -2.17. The number of carbonyl (C=O) groups excluding carboxylic acids is 1. The van der Waals surface area contributed by atoms with Crippen molar-refractivity contribution in [1.29, 1.82) is 0 Å². The van der Waals surface area contributed by atoms with Gasteiger partial charge in [-0.3, -0.25) is 4.79 Å². The Morgan fingerprint density at radius 2 is 2.40 bits per heavy atom. The van der Waals surface area contributed by atoms with Crippen LogP contribution in [-0.2, 0) is 4.79 Å². The third kappa shape index (κ3) is 4.03. The normalized spacial score (nSPS) is 27.7. The summed E-state index contributed by atoms with van der Waals surface area (Å²) in [5.74, 6) is 2.31. The molecule has 1 rings (SSSR count). The molecular formula is C11H22N2OS. The zero-order chi connectivity index (χ0) is 11.3. The van der Waals surface area contributed by atoms with Crippen LogP contribution in [0.15, 0.2) is 0 Å². The van der Waals surface area contributed by atoms with Crippen LogP contribution in [0.3, 0.4) is 0 Å². The molecule has 0 bridgehead atoms. The molecule has 1 aliphatic heterocycles. The maximum absolute atomic E-state index is 11.8. The van der Waals surface area contributed by atoms with Gasteiger partial charge in [0.15, 0.2) is 0 Å². The van der Waals surface area contributed by atoms with E-state index in [-0.39, 0.29) is 11.9 Å². The van der Waals surface area contributed by atoms with Crippen LogP contribution >= 0.6 is 11.8 Å². The first-order valence-corrected chi connectivity index (χ1v) is 7.04. The highest BCUT2D eigenvalue weighted by Gasteiger charge is 2.28. The maximum Gasteiger partial charge on any atom is 0.237 e. The van der Waals surface area contributed by atoms with Crippen LogP contribution in [0.5, 0.6) is 0 Å². The fourth-order valence-electron chi connectivity index (χ4n) is 1.91. The second-order valence-corrected chi connectivity index (χ2v) is 5.41. The minimum atomic E-state index is 0.0338. The van der Waals surface area contributed by atoms with E-state index in [0.29, 0.717) is 11.8 Å². The molecule has 3 atom stereocenters. The Balaban J connectivity index is 2.23. The van der Waals surface area contributed by atoms with Crippen LogP contribution in [0.1, 0.15) is 20.3 Å². The molecule has 0 aliphatic carbocycles. The van der Waals surface area contributed by atoms with Crippen molar-refractivity contribution in [3.05, 3.63) is 0 Å². The van der Waals surface area contributed by atoms with Gasteiger partial charge in [0.25, 0.3) is 0 Å². The third-order valence-corrected chi connectivity index (χ3v) is 3.79. The van der Waals surface area contributed by atoms with Crippen LogP contribution in [0.4, 0.5) is 0 Å². The average molecular weight is 230 g/mol. The Morgan fingerprint density at radius 1 is 1.67 bits per heavy atom. The third-order valence-electron chi connectivity index (χ3n) is 2.89. The summed E-state index contributed by atoms with van der Waals surface area (Å²) in [6.07, 6.45) is 3.21. The van der Waals surface area contributed by atoms with Gasteiger partial charge in [-0.15, -0.1) is 0 Å². The topological polar surface area (TPSA) is 41.1 Å². The number of nitrogens with one attached hydrogen (secondary N) is 2. The summed E-state index contributed by atoms with van der Waals surface area (Å²) in [6.45, 7) is 6.07. The molecular weight excluding hydrogens is 208 g/mol. The summed E-state index contributed by atoms with van der Waals surface area (Å²) in [5.41, 5.74) is 0. The van der Waals surface area contributed by atoms with Gasteiger partial charge in [-0.1, -0.05) is 13.8 Å². The van der Waals surface area contributed by atoms with E-state index in [4.69, 9.17) is 0 Å². The molecule has 3 unspecified atom stereocenters. The van der Waals surface area contributed by atoms with Gasteiger partial charge in [0, 0.05) is 6.54 Å². The number of hydrogen-bond donors (Lipinski definition) is 2. The molecule has 0 spiro atoms. The van der Waals surface area contributed by atoms with Crippen LogP contribution in [0.2, 0.25) is 0 Å². The Labute approximate surface area is 96.8 Å². The zero-order valence-corrected chi connectivity index (χ0v) is 10.7. The van der Waals surface area contributed by atoms with Crippen molar-refractivity contribution in [2.75, 3.05) is 25.1 Å². The van der Waals surface area contributed by atoms with Crippen molar-refractivity contribution in [1.82, 2.24) is 10.6 Å². The minimum absolute atomic E-state index is 0.0338. The van der Waals surface area contributed by atoms with Gasteiger partial charge in [0.2, 0.25) is 5.91 Å². The van der Waals surface area contributed by atoms with Crippen LogP contribution in [0.25, 0.3) is 0 Å². The molecule has 15 heavy (non-hydrogen) atoms. The lowest BCUT2D eigenvalue weighted by Crippen LogP contribution is -2.44. The molecule has 1 aliphatic rings. The molecule has 1 fully saturated rings. The Kier molecular flexibility index (Phi) is 5.47. The fourth-order valence-corrected chi connectivity index (χ4v) is 2.60. The standard InChI is InChI=1S/C11H22N2OS/c1-8(7-15-3)6-13-11(14)10-9(2)4-5-12-10/h8-10,12H,4-7H2,1-3H3,(H,13,14). The molecule has 3 nitrogen and oxygen atoms in total. The lowest BCUT2D eigenvalue weighted by molar-refractivity contribution is -0.123. The predicted molar refractivity (Wildman–Crippen MR) is 66.1 cm³/mol. The molecule has 4 heteroatoms. The van der Waals surface area contributed by atoms with Crippen molar-refractivity contribution in [3.63, 3.8) is 0 Å². The number of rotatable bonds is 5.